The molecule has 1 aliphatic carbocycles. The van der Waals surface area contributed by atoms with Crippen LogP contribution in [0.4, 0.5) is 0 Å². The topological polar surface area (TPSA) is 35.2 Å². The summed E-state index contributed by atoms with van der Waals surface area (Å²) >= 11 is 0. The minimum Gasteiger partial charge on any atom is -0.494 e. The van der Waals surface area contributed by atoms with E-state index in [1.165, 1.54) is 32.1 Å². The van der Waals surface area contributed by atoms with Crippen molar-refractivity contribution in [1.29, 1.82) is 0 Å². The third kappa shape index (κ3) is 3.97. The Bertz CT molecular complexity index is 365. The first-order chi connectivity index (χ1) is 9.28. The molecule has 0 heterocycles. The minimum absolute atomic E-state index is 0.327. The maximum atomic E-state index is 6.08. The number of rotatable bonds is 6. The number of ether oxygens (including phenoxy) is 1. The molecule has 2 rings (SSSR count). The van der Waals surface area contributed by atoms with E-state index in [9.17, 15) is 0 Å². The van der Waals surface area contributed by atoms with E-state index in [1.807, 2.05) is 30.3 Å². The molecule has 1 fully saturated rings. The SMILES string of the molecule is CCC1CCCC(CN)(CCOc2ccccc2)C1. The van der Waals surface area contributed by atoms with Crippen LogP contribution in [0.2, 0.25) is 0 Å². The minimum atomic E-state index is 0.327. The summed E-state index contributed by atoms with van der Waals surface area (Å²) in [5.74, 6) is 1.84. The normalized spacial score (nSPS) is 27.2. The Labute approximate surface area is 117 Å². The van der Waals surface area contributed by atoms with Crippen molar-refractivity contribution in [3.05, 3.63) is 30.3 Å². The maximum absolute atomic E-state index is 6.08. The van der Waals surface area contributed by atoms with E-state index in [0.717, 1.165) is 31.2 Å². The average Bonchev–Trinajstić information content (AvgIpc) is 2.48. The fraction of sp³-hybridized carbons (Fsp3) is 0.647. The molecule has 0 bridgehead atoms. The summed E-state index contributed by atoms with van der Waals surface area (Å²) in [6.45, 7) is 3.90. The van der Waals surface area contributed by atoms with Crippen molar-refractivity contribution in [1.82, 2.24) is 0 Å². The summed E-state index contributed by atoms with van der Waals surface area (Å²) in [7, 11) is 0. The van der Waals surface area contributed by atoms with Gasteiger partial charge >= 0.3 is 0 Å². The fourth-order valence-corrected chi connectivity index (χ4v) is 3.35. The molecule has 0 radical (unpaired) electrons. The van der Waals surface area contributed by atoms with Crippen LogP contribution in [0, 0.1) is 11.3 Å². The van der Waals surface area contributed by atoms with Gasteiger partial charge in [0, 0.05) is 0 Å². The number of para-hydroxylation sites is 1. The standard InChI is InChI=1S/C17H27NO/c1-2-15-7-6-10-17(13-15,14-18)11-12-19-16-8-4-3-5-9-16/h3-5,8-9,15H,2,6-7,10-14,18H2,1H3. The molecule has 1 saturated carbocycles. The van der Waals surface area contributed by atoms with E-state index in [4.69, 9.17) is 10.5 Å². The second-order valence-corrected chi connectivity index (χ2v) is 5.99. The van der Waals surface area contributed by atoms with Crippen LogP contribution >= 0.6 is 0 Å². The van der Waals surface area contributed by atoms with Crippen LogP contribution in [0.5, 0.6) is 5.75 Å². The van der Waals surface area contributed by atoms with Crippen LogP contribution in [0.15, 0.2) is 30.3 Å². The molecule has 0 saturated heterocycles. The van der Waals surface area contributed by atoms with E-state index < -0.39 is 0 Å². The lowest BCUT2D eigenvalue weighted by Gasteiger charge is -2.40. The highest BCUT2D eigenvalue weighted by Crippen LogP contribution is 2.42. The van der Waals surface area contributed by atoms with Gasteiger partial charge in [-0.15, -0.1) is 0 Å². The van der Waals surface area contributed by atoms with Gasteiger partial charge in [0.05, 0.1) is 6.61 Å². The smallest absolute Gasteiger partial charge is 0.119 e. The van der Waals surface area contributed by atoms with Crippen LogP contribution in [-0.2, 0) is 0 Å². The summed E-state index contributed by atoms with van der Waals surface area (Å²) in [5, 5.41) is 0. The zero-order valence-electron chi connectivity index (χ0n) is 12.1. The Hall–Kier alpha value is -1.02. The summed E-state index contributed by atoms with van der Waals surface area (Å²) < 4.78 is 5.85. The third-order valence-electron chi connectivity index (χ3n) is 4.70. The van der Waals surface area contributed by atoms with E-state index in [1.54, 1.807) is 0 Å². The Kier molecular flexibility index (Phi) is 5.26. The number of nitrogens with two attached hydrogens (primary N) is 1. The average molecular weight is 261 g/mol. The molecule has 0 amide bonds. The van der Waals surface area contributed by atoms with E-state index in [2.05, 4.69) is 6.92 Å². The summed E-state index contributed by atoms with van der Waals surface area (Å²) in [6.07, 6.45) is 7.67. The van der Waals surface area contributed by atoms with Gasteiger partial charge in [-0.2, -0.15) is 0 Å². The Morgan fingerprint density at radius 3 is 2.79 bits per heavy atom. The maximum Gasteiger partial charge on any atom is 0.119 e. The molecule has 1 aromatic rings. The zero-order valence-corrected chi connectivity index (χ0v) is 12.1. The monoisotopic (exact) mass is 261 g/mol. The summed E-state index contributed by atoms with van der Waals surface area (Å²) in [5.41, 5.74) is 6.41. The van der Waals surface area contributed by atoms with Gasteiger partial charge in [-0.05, 0) is 49.3 Å². The lowest BCUT2D eigenvalue weighted by Crippen LogP contribution is -2.37. The molecule has 2 atom stereocenters. The van der Waals surface area contributed by atoms with Crippen molar-refractivity contribution in [3.8, 4) is 5.75 Å². The molecule has 2 unspecified atom stereocenters. The Morgan fingerprint density at radius 2 is 2.11 bits per heavy atom. The molecule has 0 spiro atoms. The number of hydrogen-bond donors (Lipinski definition) is 1. The molecule has 0 aliphatic heterocycles. The van der Waals surface area contributed by atoms with Crippen molar-refractivity contribution >= 4 is 0 Å². The van der Waals surface area contributed by atoms with Crippen LogP contribution < -0.4 is 10.5 Å². The molecule has 1 aliphatic rings. The first-order valence-corrected chi connectivity index (χ1v) is 7.66. The third-order valence-corrected chi connectivity index (χ3v) is 4.70. The first-order valence-electron chi connectivity index (χ1n) is 7.66. The van der Waals surface area contributed by atoms with Gasteiger partial charge in [0.1, 0.15) is 5.75 Å². The zero-order chi connectivity index (χ0) is 13.6. The van der Waals surface area contributed by atoms with Crippen molar-refractivity contribution in [3.63, 3.8) is 0 Å². The van der Waals surface area contributed by atoms with Gasteiger partial charge in [0.15, 0.2) is 0 Å². The van der Waals surface area contributed by atoms with Crippen molar-refractivity contribution < 1.29 is 4.74 Å². The lowest BCUT2D eigenvalue weighted by molar-refractivity contribution is 0.108. The summed E-state index contributed by atoms with van der Waals surface area (Å²) in [4.78, 5) is 0. The van der Waals surface area contributed by atoms with Gasteiger partial charge in [0.25, 0.3) is 0 Å². The molecule has 2 N–H and O–H groups in total. The summed E-state index contributed by atoms with van der Waals surface area (Å²) in [6, 6.07) is 10.1. The van der Waals surface area contributed by atoms with Gasteiger partial charge in [-0.1, -0.05) is 44.4 Å². The molecule has 0 aromatic heterocycles. The predicted octanol–water partition coefficient (Wildman–Crippen LogP) is 4.00. The largest absolute Gasteiger partial charge is 0.494 e. The van der Waals surface area contributed by atoms with Gasteiger partial charge in [-0.3, -0.25) is 0 Å². The van der Waals surface area contributed by atoms with Gasteiger partial charge < -0.3 is 10.5 Å². The quantitative estimate of drug-likeness (QED) is 0.840. The lowest BCUT2D eigenvalue weighted by atomic mass is 9.67. The molecule has 106 valence electrons. The molecule has 2 heteroatoms. The fourth-order valence-electron chi connectivity index (χ4n) is 3.35. The number of hydrogen-bond acceptors (Lipinski definition) is 2. The first kappa shape index (κ1) is 14.4. The predicted molar refractivity (Wildman–Crippen MR) is 80.3 cm³/mol. The highest BCUT2D eigenvalue weighted by atomic mass is 16.5. The Morgan fingerprint density at radius 1 is 1.32 bits per heavy atom. The number of benzene rings is 1. The highest BCUT2D eigenvalue weighted by Gasteiger charge is 2.34. The van der Waals surface area contributed by atoms with Crippen LogP contribution in [0.3, 0.4) is 0 Å². The van der Waals surface area contributed by atoms with Crippen LogP contribution in [-0.4, -0.2) is 13.2 Å². The highest BCUT2D eigenvalue weighted by molar-refractivity contribution is 5.20. The van der Waals surface area contributed by atoms with Crippen molar-refractivity contribution in [2.45, 2.75) is 45.4 Å². The molecule has 1 aromatic carbocycles. The molecule has 19 heavy (non-hydrogen) atoms. The Balaban J connectivity index is 1.85. The van der Waals surface area contributed by atoms with Crippen LogP contribution in [0.25, 0.3) is 0 Å². The van der Waals surface area contributed by atoms with E-state index >= 15 is 0 Å². The van der Waals surface area contributed by atoms with Crippen LogP contribution in [0.1, 0.15) is 45.4 Å². The van der Waals surface area contributed by atoms with E-state index in [0.29, 0.717) is 5.41 Å². The second-order valence-electron chi connectivity index (χ2n) is 5.99. The van der Waals surface area contributed by atoms with Crippen molar-refractivity contribution in [2.24, 2.45) is 17.1 Å². The second kappa shape index (κ2) is 6.95. The molecular weight excluding hydrogens is 234 g/mol. The van der Waals surface area contributed by atoms with Crippen molar-refractivity contribution in [2.75, 3.05) is 13.2 Å². The van der Waals surface area contributed by atoms with Gasteiger partial charge in [0.2, 0.25) is 0 Å². The van der Waals surface area contributed by atoms with E-state index in [-0.39, 0.29) is 0 Å². The molecular formula is C17H27NO. The van der Waals surface area contributed by atoms with Gasteiger partial charge in [-0.25, -0.2) is 0 Å². The molecule has 2 nitrogen and oxygen atoms in total.